The Hall–Kier alpha value is -1.60. The van der Waals surface area contributed by atoms with E-state index in [0.717, 1.165) is 37.8 Å². The van der Waals surface area contributed by atoms with Gasteiger partial charge in [-0.25, -0.2) is 8.42 Å². The summed E-state index contributed by atoms with van der Waals surface area (Å²) in [6.45, 7) is 6.47. The summed E-state index contributed by atoms with van der Waals surface area (Å²) < 4.78 is 25.1. The van der Waals surface area contributed by atoms with Gasteiger partial charge in [0.15, 0.2) is 0 Å². The highest BCUT2D eigenvalue weighted by atomic mass is 32.2. The first-order chi connectivity index (χ1) is 11.3. The average Bonchev–Trinajstić information content (AvgIpc) is 2.97. The maximum Gasteiger partial charge on any atom is 0.237 e. The molecule has 134 valence electrons. The minimum Gasteiger partial charge on any atom is -0.351 e. The number of carbonyl (C=O) groups excluding carboxylic acids is 1. The molecule has 1 aliphatic heterocycles. The van der Waals surface area contributed by atoms with Gasteiger partial charge in [-0.15, -0.1) is 0 Å². The number of hydrogen-bond donors (Lipinski definition) is 2. The first-order valence-electron chi connectivity index (χ1n) is 8.35. The maximum absolute atomic E-state index is 12.6. The molecular weight excluding hydrogens is 326 g/mol. The zero-order valence-corrected chi connectivity index (χ0v) is 15.4. The Bertz CT molecular complexity index is 667. The number of benzene rings is 1. The lowest BCUT2D eigenvalue weighted by Gasteiger charge is -2.29. The number of anilines is 1. The monoisotopic (exact) mass is 353 g/mol. The SMILES string of the molecule is CC(C)[C@@H](C(=O)NCc1cccc(NS(C)(=O)=O)c1)N1CCCC1. The number of sulfonamides is 1. The van der Waals surface area contributed by atoms with Crippen molar-refractivity contribution in [2.45, 2.75) is 39.3 Å². The number of nitrogens with one attached hydrogen (secondary N) is 2. The number of hydrogen-bond acceptors (Lipinski definition) is 4. The fraction of sp³-hybridized carbons (Fsp3) is 0.588. The van der Waals surface area contributed by atoms with Crippen LogP contribution >= 0.6 is 0 Å². The fourth-order valence-corrected chi connectivity index (χ4v) is 3.72. The van der Waals surface area contributed by atoms with Gasteiger partial charge in [0.1, 0.15) is 0 Å². The molecule has 2 N–H and O–H groups in total. The molecule has 24 heavy (non-hydrogen) atoms. The van der Waals surface area contributed by atoms with Gasteiger partial charge in [-0.2, -0.15) is 0 Å². The van der Waals surface area contributed by atoms with Gasteiger partial charge in [0.2, 0.25) is 15.9 Å². The zero-order chi connectivity index (χ0) is 17.7. The fourth-order valence-electron chi connectivity index (χ4n) is 3.16. The lowest BCUT2D eigenvalue weighted by atomic mass is 10.0. The second-order valence-electron chi connectivity index (χ2n) is 6.72. The number of likely N-dealkylation sites (tertiary alicyclic amines) is 1. The van der Waals surface area contributed by atoms with Crippen LogP contribution in [-0.2, 0) is 21.4 Å². The van der Waals surface area contributed by atoms with Crippen LogP contribution in [0.25, 0.3) is 0 Å². The van der Waals surface area contributed by atoms with Crippen molar-refractivity contribution in [2.24, 2.45) is 5.92 Å². The molecule has 1 aliphatic rings. The summed E-state index contributed by atoms with van der Waals surface area (Å²) in [7, 11) is -3.30. The second-order valence-corrected chi connectivity index (χ2v) is 8.47. The molecule has 1 aromatic rings. The van der Waals surface area contributed by atoms with Gasteiger partial charge in [0.05, 0.1) is 12.3 Å². The standard InChI is InChI=1S/C17H27N3O3S/c1-13(2)16(20-9-4-5-10-20)17(21)18-12-14-7-6-8-15(11-14)19-24(3,22)23/h6-8,11,13,16,19H,4-5,9-10,12H2,1-3H3,(H,18,21)/t16-/m0/s1. The molecule has 0 spiro atoms. The van der Waals surface area contributed by atoms with Gasteiger partial charge in [0.25, 0.3) is 0 Å². The van der Waals surface area contributed by atoms with E-state index in [0.29, 0.717) is 12.2 Å². The van der Waals surface area contributed by atoms with Crippen molar-refractivity contribution in [3.63, 3.8) is 0 Å². The third-order valence-electron chi connectivity index (χ3n) is 4.13. The van der Waals surface area contributed by atoms with E-state index in [-0.39, 0.29) is 17.9 Å². The quantitative estimate of drug-likeness (QED) is 0.783. The van der Waals surface area contributed by atoms with Gasteiger partial charge in [-0.1, -0.05) is 26.0 Å². The zero-order valence-electron chi connectivity index (χ0n) is 14.6. The smallest absolute Gasteiger partial charge is 0.237 e. The highest BCUT2D eigenvalue weighted by molar-refractivity contribution is 7.92. The lowest BCUT2D eigenvalue weighted by Crippen LogP contribution is -2.48. The minimum atomic E-state index is -3.30. The van der Waals surface area contributed by atoms with Crippen LogP contribution < -0.4 is 10.0 Å². The van der Waals surface area contributed by atoms with Crippen LogP contribution in [0.4, 0.5) is 5.69 Å². The highest BCUT2D eigenvalue weighted by Gasteiger charge is 2.30. The molecule has 1 fully saturated rings. The van der Waals surface area contributed by atoms with E-state index < -0.39 is 10.0 Å². The van der Waals surface area contributed by atoms with E-state index in [2.05, 4.69) is 28.8 Å². The predicted octanol–water partition coefficient (Wildman–Crippen LogP) is 1.79. The van der Waals surface area contributed by atoms with Crippen LogP contribution in [0.2, 0.25) is 0 Å². The van der Waals surface area contributed by atoms with Gasteiger partial charge in [-0.05, 0) is 49.5 Å². The molecule has 0 unspecified atom stereocenters. The molecule has 1 heterocycles. The van der Waals surface area contributed by atoms with Crippen molar-refractivity contribution >= 4 is 21.6 Å². The Morgan fingerprint density at radius 3 is 2.50 bits per heavy atom. The molecule has 0 saturated carbocycles. The largest absolute Gasteiger partial charge is 0.351 e. The van der Waals surface area contributed by atoms with Crippen molar-refractivity contribution in [1.82, 2.24) is 10.2 Å². The van der Waals surface area contributed by atoms with Crippen LogP contribution in [-0.4, -0.2) is 44.6 Å². The number of rotatable bonds is 7. The van der Waals surface area contributed by atoms with E-state index in [4.69, 9.17) is 0 Å². The molecule has 0 aliphatic carbocycles. The molecule has 1 atom stereocenters. The Morgan fingerprint density at radius 1 is 1.25 bits per heavy atom. The van der Waals surface area contributed by atoms with Crippen LogP contribution in [0.5, 0.6) is 0 Å². The van der Waals surface area contributed by atoms with Crippen molar-refractivity contribution in [2.75, 3.05) is 24.1 Å². The molecule has 2 rings (SSSR count). The van der Waals surface area contributed by atoms with Crippen LogP contribution in [0.15, 0.2) is 24.3 Å². The Kier molecular flexibility index (Phi) is 6.23. The molecule has 0 radical (unpaired) electrons. The molecule has 0 bridgehead atoms. The minimum absolute atomic E-state index is 0.0355. The van der Waals surface area contributed by atoms with E-state index in [9.17, 15) is 13.2 Å². The van der Waals surface area contributed by atoms with Crippen molar-refractivity contribution in [1.29, 1.82) is 0 Å². The summed E-state index contributed by atoms with van der Waals surface area (Å²) in [6, 6.07) is 6.96. The summed E-state index contributed by atoms with van der Waals surface area (Å²) in [5.74, 6) is 0.287. The molecule has 0 aromatic heterocycles. The normalized spacial score (nSPS) is 17.0. The van der Waals surface area contributed by atoms with Crippen molar-refractivity contribution in [3.8, 4) is 0 Å². The first kappa shape index (κ1) is 18.7. The second kappa shape index (κ2) is 7.98. The predicted molar refractivity (Wildman–Crippen MR) is 96.2 cm³/mol. The Morgan fingerprint density at radius 2 is 1.92 bits per heavy atom. The Labute approximate surface area is 144 Å². The molecule has 6 nitrogen and oxygen atoms in total. The Balaban J connectivity index is 1.98. The average molecular weight is 353 g/mol. The molecule has 1 saturated heterocycles. The third-order valence-corrected chi connectivity index (χ3v) is 4.74. The van der Waals surface area contributed by atoms with E-state index in [1.54, 1.807) is 18.2 Å². The summed E-state index contributed by atoms with van der Waals surface area (Å²) in [5, 5.41) is 2.99. The van der Waals surface area contributed by atoms with E-state index in [1.807, 2.05) is 6.07 Å². The van der Waals surface area contributed by atoms with Gasteiger partial charge in [-0.3, -0.25) is 14.4 Å². The summed E-state index contributed by atoms with van der Waals surface area (Å²) in [6.07, 6.45) is 3.41. The van der Waals surface area contributed by atoms with E-state index >= 15 is 0 Å². The summed E-state index contributed by atoms with van der Waals surface area (Å²) in [5.41, 5.74) is 1.37. The van der Waals surface area contributed by atoms with Crippen LogP contribution in [0.3, 0.4) is 0 Å². The maximum atomic E-state index is 12.6. The summed E-state index contributed by atoms with van der Waals surface area (Å²) in [4.78, 5) is 14.8. The lowest BCUT2D eigenvalue weighted by molar-refractivity contribution is -0.127. The van der Waals surface area contributed by atoms with Gasteiger partial charge in [0, 0.05) is 12.2 Å². The number of nitrogens with zero attached hydrogens (tertiary/aromatic N) is 1. The third kappa shape index (κ3) is 5.49. The molecule has 1 aromatic carbocycles. The van der Waals surface area contributed by atoms with Gasteiger partial charge >= 0.3 is 0 Å². The van der Waals surface area contributed by atoms with E-state index in [1.165, 1.54) is 0 Å². The summed E-state index contributed by atoms with van der Waals surface area (Å²) >= 11 is 0. The molecule has 1 amide bonds. The molecule has 7 heteroatoms. The van der Waals surface area contributed by atoms with Crippen LogP contribution in [0, 0.1) is 5.92 Å². The van der Waals surface area contributed by atoms with Crippen molar-refractivity contribution < 1.29 is 13.2 Å². The topological polar surface area (TPSA) is 78.5 Å². The van der Waals surface area contributed by atoms with Crippen LogP contribution in [0.1, 0.15) is 32.3 Å². The molecular formula is C17H27N3O3S. The number of carbonyl (C=O) groups is 1. The van der Waals surface area contributed by atoms with Crippen molar-refractivity contribution in [3.05, 3.63) is 29.8 Å². The number of amides is 1. The van der Waals surface area contributed by atoms with Gasteiger partial charge < -0.3 is 5.32 Å². The first-order valence-corrected chi connectivity index (χ1v) is 10.2. The highest BCUT2D eigenvalue weighted by Crippen LogP contribution is 2.18.